The van der Waals surface area contributed by atoms with Gasteiger partial charge in [0.1, 0.15) is 17.2 Å². The van der Waals surface area contributed by atoms with Crippen molar-refractivity contribution in [2.24, 2.45) is 4.99 Å². The summed E-state index contributed by atoms with van der Waals surface area (Å²) < 4.78 is 21.8. The number of methoxy groups -OCH3 is 3. The molecule has 1 aliphatic rings. The number of aliphatic imine (C=N–C) groups is 1. The first-order valence-corrected chi connectivity index (χ1v) is 11.1. The van der Waals surface area contributed by atoms with E-state index in [1.807, 2.05) is 30.3 Å². The van der Waals surface area contributed by atoms with E-state index in [-0.39, 0.29) is 29.4 Å². The predicted octanol–water partition coefficient (Wildman–Crippen LogP) is 4.13. The molecule has 182 valence electrons. The highest BCUT2D eigenvalue weighted by Crippen LogP contribution is 2.35. The molecule has 2 aromatic rings. The van der Waals surface area contributed by atoms with Gasteiger partial charge in [-0.25, -0.2) is 4.99 Å². The third-order valence-corrected chi connectivity index (χ3v) is 5.99. The maximum atomic E-state index is 5.67. The molecule has 3 rings (SSSR count). The number of nitrogens with zero attached hydrogens (tertiary/aromatic N) is 1. The molecule has 0 bridgehead atoms. The lowest BCUT2D eigenvalue weighted by atomic mass is 9.74. The summed E-state index contributed by atoms with van der Waals surface area (Å²) in [7, 11) is 5.00. The van der Waals surface area contributed by atoms with Crippen LogP contribution >= 0.6 is 24.0 Å². The zero-order valence-electron chi connectivity index (χ0n) is 20.0. The molecule has 0 aliphatic carbocycles. The van der Waals surface area contributed by atoms with Gasteiger partial charge in [0.05, 0.1) is 27.9 Å². The van der Waals surface area contributed by atoms with Gasteiger partial charge in [0.25, 0.3) is 0 Å². The van der Waals surface area contributed by atoms with Crippen molar-refractivity contribution in [2.45, 2.75) is 31.7 Å². The zero-order chi connectivity index (χ0) is 22.8. The summed E-state index contributed by atoms with van der Waals surface area (Å²) in [6.45, 7) is 5.63. The van der Waals surface area contributed by atoms with Gasteiger partial charge in [-0.15, -0.1) is 24.0 Å². The van der Waals surface area contributed by atoms with Crippen LogP contribution in [0.2, 0.25) is 0 Å². The van der Waals surface area contributed by atoms with E-state index >= 15 is 0 Å². The van der Waals surface area contributed by atoms with Gasteiger partial charge in [-0.1, -0.05) is 12.1 Å². The minimum absolute atomic E-state index is 0. The van der Waals surface area contributed by atoms with Crippen LogP contribution in [-0.4, -0.2) is 53.6 Å². The molecule has 0 atom stereocenters. The molecule has 7 nitrogen and oxygen atoms in total. The Morgan fingerprint density at radius 3 is 2.21 bits per heavy atom. The Balaban J connectivity index is 0.00000385. The fourth-order valence-electron chi connectivity index (χ4n) is 4.02. The molecule has 2 N–H and O–H groups in total. The number of guanidine groups is 1. The van der Waals surface area contributed by atoms with E-state index in [1.165, 1.54) is 5.56 Å². The maximum absolute atomic E-state index is 5.67. The van der Waals surface area contributed by atoms with E-state index in [0.717, 1.165) is 67.9 Å². The maximum Gasteiger partial charge on any atom is 0.191 e. The highest BCUT2D eigenvalue weighted by Gasteiger charge is 2.34. The van der Waals surface area contributed by atoms with E-state index < -0.39 is 0 Å². The summed E-state index contributed by atoms with van der Waals surface area (Å²) in [5, 5.41) is 6.94. The summed E-state index contributed by atoms with van der Waals surface area (Å²) in [6.07, 6.45) is 1.91. The van der Waals surface area contributed by atoms with Crippen molar-refractivity contribution >= 4 is 29.9 Å². The Kier molecular flexibility index (Phi) is 11.1. The number of hydrogen-bond donors (Lipinski definition) is 2. The fourth-order valence-corrected chi connectivity index (χ4v) is 4.02. The molecule has 2 aromatic carbocycles. The molecule has 1 fully saturated rings. The molecule has 0 aromatic heterocycles. The van der Waals surface area contributed by atoms with E-state index in [9.17, 15) is 0 Å². The van der Waals surface area contributed by atoms with E-state index in [2.05, 4.69) is 29.7 Å². The minimum atomic E-state index is -0.0154. The number of nitrogens with one attached hydrogen (secondary N) is 2. The first-order valence-electron chi connectivity index (χ1n) is 11.1. The molecule has 33 heavy (non-hydrogen) atoms. The van der Waals surface area contributed by atoms with Gasteiger partial charge >= 0.3 is 0 Å². The van der Waals surface area contributed by atoms with Crippen LogP contribution in [0.5, 0.6) is 17.2 Å². The SMILES string of the molecule is CCNC(=NCc1ccc(OC)cc1OC)NCC1(c2ccc(OC)cc2)CCOCC1.I. The number of ether oxygens (including phenoxy) is 4. The highest BCUT2D eigenvalue weighted by molar-refractivity contribution is 14.0. The average molecular weight is 569 g/mol. The van der Waals surface area contributed by atoms with Crippen LogP contribution in [0.1, 0.15) is 30.9 Å². The molecule has 1 saturated heterocycles. The lowest BCUT2D eigenvalue weighted by Gasteiger charge is -2.38. The summed E-state index contributed by atoms with van der Waals surface area (Å²) in [6, 6.07) is 14.2. The van der Waals surface area contributed by atoms with Crippen molar-refractivity contribution in [1.29, 1.82) is 0 Å². The van der Waals surface area contributed by atoms with Crippen LogP contribution in [-0.2, 0) is 16.7 Å². The van der Waals surface area contributed by atoms with Crippen molar-refractivity contribution < 1.29 is 18.9 Å². The van der Waals surface area contributed by atoms with Crippen LogP contribution in [0.15, 0.2) is 47.5 Å². The molecule has 1 aliphatic heterocycles. The molecule has 0 saturated carbocycles. The van der Waals surface area contributed by atoms with Crippen LogP contribution in [0.3, 0.4) is 0 Å². The number of benzene rings is 2. The standard InChI is InChI=1S/C25H35N3O4.HI/c1-5-26-24(27-17-19-6-9-22(30-3)16-23(19)31-4)28-18-25(12-14-32-15-13-25)20-7-10-21(29-2)11-8-20;/h6-11,16H,5,12-15,17-18H2,1-4H3,(H2,26,27,28);1H. The quantitative estimate of drug-likeness (QED) is 0.269. The second kappa shape index (κ2) is 13.5. The van der Waals surface area contributed by atoms with Gasteiger partial charge in [0.15, 0.2) is 5.96 Å². The van der Waals surface area contributed by atoms with Gasteiger partial charge in [0, 0.05) is 43.3 Å². The van der Waals surface area contributed by atoms with Crippen molar-refractivity contribution in [2.75, 3.05) is 47.6 Å². The third kappa shape index (κ3) is 7.14. The molecule has 0 amide bonds. The summed E-state index contributed by atoms with van der Waals surface area (Å²) in [5.41, 5.74) is 2.28. The van der Waals surface area contributed by atoms with Gasteiger partial charge in [-0.2, -0.15) is 0 Å². The first-order chi connectivity index (χ1) is 15.6. The largest absolute Gasteiger partial charge is 0.497 e. The zero-order valence-corrected chi connectivity index (χ0v) is 22.3. The third-order valence-electron chi connectivity index (χ3n) is 5.99. The van der Waals surface area contributed by atoms with Crippen LogP contribution in [0.4, 0.5) is 0 Å². The van der Waals surface area contributed by atoms with Crippen molar-refractivity contribution in [1.82, 2.24) is 10.6 Å². The van der Waals surface area contributed by atoms with Gasteiger partial charge in [0.2, 0.25) is 0 Å². The van der Waals surface area contributed by atoms with E-state index in [0.29, 0.717) is 6.54 Å². The number of hydrogen-bond acceptors (Lipinski definition) is 5. The van der Waals surface area contributed by atoms with Crippen molar-refractivity contribution in [3.63, 3.8) is 0 Å². The Morgan fingerprint density at radius 2 is 1.61 bits per heavy atom. The first kappa shape index (κ1) is 27.0. The smallest absolute Gasteiger partial charge is 0.191 e. The number of rotatable bonds is 9. The predicted molar refractivity (Wildman–Crippen MR) is 143 cm³/mol. The van der Waals surface area contributed by atoms with Crippen molar-refractivity contribution in [3.05, 3.63) is 53.6 Å². The summed E-state index contributed by atoms with van der Waals surface area (Å²) in [4.78, 5) is 4.81. The molecule has 1 heterocycles. The lowest BCUT2D eigenvalue weighted by molar-refractivity contribution is 0.0513. The molecule has 0 spiro atoms. The minimum Gasteiger partial charge on any atom is -0.497 e. The summed E-state index contributed by atoms with van der Waals surface area (Å²) >= 11 is 0. The molecular weight excluding hydrogens is 533 g/mol. The van der Waals surface area contributed by atoms with Crippen molar-refractivity contribution in [3.8, 4) is 17.2 Å². The highest BCUT2D eigenvalue weighted by atomic mass is 127. The van der Waals surface area contributed by atoms with E-state index in [4.69, 9.17) is 23.9 Å². The fraction of sp³-hybridized carbons (Fsp3) is 0.480. The molecule has 8 heteroatoms. The second-order valence-electron chi connectivity index (χ2n) is 7.85. The molecule has 0 radical (unpaired) electrons. The van der Waals surface area contributed by atoms with Crippen LogP contribution in [0.25, 0.3) is 0 Å². The van der Waals surface area contributed by atoms with Gasteiger partial charge in [-0.3, -0.25) is 0 Å². The van der Waals surface area contributed by atoms with Crippen LogP contribution in [0, 0.1) is 0 Å². The Hall–Kier alpha value is -2.20. The second-order valence-corrected chi connectivity index (χ2v) is 7.85. The molecular formula is C25H36IN3O4. The Morgan fingerprint density at radius 1 is 0.939 bits per heavy atom. The normalized spacial score (nSPS) is 15.2. The summed E-state index contributed by atoms with van der Waals surface area (Å²) in [5.74, 6) is 3.18. The van der Waals surface area contributed by atoms with Gasteiger partial charge < -0.3 is 29.6 Å². The average Bonchev–Trinajstić information content (AvgIpc) is 2.86. The van der Waals surface area contributed by atoms with E-state index in [1.54, 1.807) is 21.3 Å². The monoisotopic (exact) mass is 569 g/mol. The topological polar surface area (TPSA) is 73.3 Å². The Labute approximate surface area is 214 Å². The van der Waals surface area contributed by atoms with Crippen LogP contribution < -0.4 is 24.8 Å². The Bertz CT molecular complexity index is 884. The number of halogens is 1. The lowest BCUT2D eigenvalue weighted by Crippen LogP contribution is -2.48. The molecule has 0 unspecified atom stereocenters. The van der Waals surface area contributed by atoms with Gasteiger partial charge in [-0.05, 0) is 49.6 Å².